The molecule has 0 saturated heterocycles. The maximum Gasteiger partial charge on any atom is 0.230 e. The first-order chi connectivity index (χ1) is 10.7. The number of nitrogens with zero attached hydrogens (tertiary/aromatic N) is 3. The molecular weight excluding hydrogens is 298 g/mol. The van der Waals surface area contributed by atoms with E-state index in [9.17, 15) is 4.79 Å². The van der Waals surface area contributed by atoms with Gasteiger partial charge in [0.25, 0.3) is 0 Å². The molecule has 6 nitrogen and oxygen atoms in total. The normalized spacial score (nSPS) is 10.6. The lowest BCUT2D eigenvalue weighted by Crippen LogP contribution is -2.25. The van der Waals surface area contributed by atoms with Gasteiger partial charge in [-0.1, -0.05) is 55.4 Å². The number of thioether (sulfide) groups is 1. The third-order valence-electron chi connectivity index (χ3n) is 3.15. The molecule has 0 aliphatic heterocycles. The van der Waals surface area contributed by atoms with Crippen LogP contribution in [0.25, 0.3) is 0 Å². The van der Waals surface area contributed by atoms with Crippen LogP contribution in [-0.4, -0.2) is 26.5 Å². The number of unbranched alkanes of at least 4 members (excludes halogenated alkanes) is 1. The van der Waals surface area contributed by atoms with E-state index in [-0.39, 0.29) is 11.7 Å². The molecule has 0 aliphatic rings. The number of nitrogen functional groups attached to an aromatic ring is 1. The third kappa shape index (κ3) is 4.77. The molecule has 1 heterocycles. The second-order valence-electron chi connectivity index (χ2n) is 4.92. The maximum atomic E-state index is 11.8. The van der Waals surface area contributed by atoms with Gasteiger partial charge in [0.05, 0.1) is 5.75 Å². The van der Waals surface area contributed by atoms with Crippen molar-refractivity contribution < 1.29 is 4.79 Å². The highest BCUT2D eigenvalue weighted by Gasteiger charge is 2.11. The minimum absolute atomic E-state index is 0.0491. The fraction of sp³-hybridized carbons (Fsp3) is 0.400. The summed E-state index contributed by atoms with van der Waals surface area (Å²) in [6.07, 6.45) is 2.91. The monoisotopic (exact) mass is 319 g/mol. The van der Waals surface area contributed by atoms with E-state index >= 15 is 0 Å². The van der Waals surface area contributed by atoms with Gasteiger partial charge in [0.1, 0.15) is 0 Å². The zero-order valence-electron chi connectivity index (χ0n) is 12.7. The van der Waals surface area contributed by atoms with Gasteiger partial charge in [0.15, 0.2) is 5.82 Å². The van der Waals surface area contributed by atoms with Crippen molar-refractivity contribution in [2.75, 3.05) is 11.6 Å². The van der Waals surface area contributed by atoms with Crippen LogP contribution in [-0.2, 0) is 17.8 Å². The summed E-state index contributed by atoms with van der Waals surface area (Å²) in [4.78, 5) is 11.8. The molecule has 0 spiro atoms. The van der Waals surface area contributed by atoms with Crippen LogP contribution in [0.1, 0.15) is 31.2 Å². The Kier molecular flexibility index (Phi) is 6.27. The zero-order chi connectivity index (χ0) is 15.8. The van der Waals surface area contributed by atoms with Crippen molar-refractivity contribution in [3.63, 3.8) is 0 Å². The van der Waals surface area contributed by atoms with Crippen LogP contribution in [0.2, 0.25) is 0 Å². The molecule has 22 heavy (non-hydrogen) atoms. The molecule has 118 valence electrons. The molecule has 0 aliphatic carbocycles. The molecule has 0 radical (unpaired) electrons. The fourth-order valence-corrected chi connectivity index (χ4v) is 2.59. The Morgan fingerprint density at radius 1 is 1.32 bits per heavy atom. The quantitative estimate of drug-likeness (QED) is 0.572. The Bertz CT molecular complexity index is 599. The number of carbonyl (C=O) groups excluding carboxylic acids is 1. The number of hydrogen-bond donors (Lipinski definition) is 2. The fourth-order valence-electron chi connectivity index (χ4n) is 1.89. The van der Waals surface area contributed by atoms with E-state index < -0.39 is 0 Å². The molecule has 3 N–H and O–H groups in total. The van der Waals surface area contributed by atoms with Crippen LogP contribution in [0, 0.1) is 0 Å². The van der Waals surface area contributed by atoms with Gasteiger partial charge in [-0.05, 0) is 12.0 Å². The third-order valence-corrected chi connectivity index (χ3v) is 4.10. The highest BCUT2D eigenvalue weighted by Crippen LogP contribution is 2.15. The van der Waals surface area contributed by atoms with Crippen molar-refractivity contribution in [2.45, 2.75) is 37.9 Å². The van der Waals surface area contributed by atoms with E-state index in [1.54, 1.807) is 0 Å². The van der Waals surface area contributed by atoms with Gasteiger partial charge in [-0.3, -0.25) is 4.79 Å². The van der Waals surface area contributed by atoms with Crippen molar-refractivity contribution >= 4 is 17.7 Å². The molecule has 2 rings (SSSR count). The molecule has 0 unspecified atom stereocenters. The van der Waals surface area contributed by atoms with Crippen LogP contribution in [0.15, 0.2) is 35.5 Å². The Morgan fingerprint density at radius 3 is 2.82 bits per heavy atom. The summed E-state index contributed by atoms with van der Waals surface area (Å²) in [5.74, 6) is 6.92. The first-order valence-electron chi connectivity index (χ1n) is 7.33. The highest BCUT2D eigenvalue weighted by molar-refractivity contribution is 7.99. The van der Waals surface area contributed by atoms with Gasteiger partial charge in [0, 0.05) is 13.0 Å². The van der Waals surface area contributed by atoms with Crippen molar-refractivity contribution in [1.82, 2.24) is 20.2 Å². The summed E-state index contributed by atoms with van der Waals surface area (Å²) in [6, 6.07) is 9.80. The van der Waals surface area contributed by atoms with Crippen molar-refractivity contribution in [1.29, 1.82) is 0 Å². The van der Waals surface area contributed by atoms with E-state index in [0.717, 1.165) is 30.7 Å². The van der Waals surface area contributed by atoms with E-state index in [0.29, 0.717) is 11.7 Å². The van der Waals surface area contributed by atoms with Crippen LogP contribution in [0.4, 0.5) is 0 Å². The standard InChI is InChI=1S/C15H21N5OS/c1-2-3-9-13-18-19-15(20(13)16)22-11-14(21)17-10-12-7-5-4-6-8-12/h4-8H,2-3,9-11,16H2,1H3,(H,17,21). The largest absolute Gasteiger partial charge is 0.351 e. The van der Waals surface area contributed by atoms with Crippen molar-refractivity contribution in [3.8, 4) is 0 Å². The summed E-state index contributed by atoms with van der Waals surface area (Å²) >= 11 is 1.30. The minimum Gasteiger partial charge on any atom is -0.351 e. The molecule has 7 heteroatoms. The second-order valence-corrected chi connectivity index (χ2v) is 5.87. The molecule has 1 aromatic carbocycles. The molecular formula is C15H21N5OS. The molecule has 1 aromatic heterocycles. The number of aromatic nitrogens is 3. The van der Waals surface area contributed by atoms with Gasteiger partial charge >= 0.3 is 0 Å². The molecule has 0 atom stereocenters. The first kappa shape index (κ1) is 16.4. The number of rotatable bonds is 8. The summed E-state index contributed by atoms with van der Waals surface area (Å²) < 4.78 is 1.48. The predicted octanol–water partition coefficient (Wildman–Crippen LogP) is 1.74. The van der Waals surface area contributed by atoms with Gasteiger partial charge < -0.3 is 11.2 Å². The number of carbonyl (C=O) groups is 1. The SMILES string of the molecule is CCCCc1nnc(SCC(=O)NCc2ccccc2)n1N. The lowest BCUT2D eigenvalue weighted by Gasteiger charge is -2.05. The molecule has 1 amide bonds. The molecule has 0 bridgehead atoms. The zero-order valence-corrected chi connectivity index (χ0v) is 13.5. The van der Waals surface area contributed by atoms with Crippen LogP contribution in [0.5, 0.6) is 0 Å². The van der Waals surface area contributed by atoms with Crippen LogP contribution >= 0.6 is 11.8 Å². The topological polar surface area (TPSA) is 85.8 Å². The summed E-state index contributed by atoms with van der Waals surface area (Å²) in [7, 11) is 0. The van der Waals surface area contributed by atoms with Gasteiger partial charge in [-0.25, -0.2) is 4.68 Å². The van der Waals surface area contributed by atoms with Gasteiger partial charge in [-0.2, -0.15) is 0 Å². The van der Waals surface area contributed by atoms with Crippen molar-refractivity contribution in [3.05, 3.63) is 41.7 Å². The van der Waals surface area contributed by atoms with E-state index in [2.05, 4.69) is 22.4 Å². The Morgan fingerprint density at radius 2 is 2.09 bits per heavy atom. The number of amides is 1. The molecule has 0 fully saturated rings. The Labute approximate surface area is 134 Å². The lowest BCUT2D eigenvalue weighted by molar-refractivity contribution is -0.118. The van der Waals surface area contributed by atoms with Crippen LogP contribution in [0.3, 0.4) is 0 Å². The first-order valence-corrected chi connectivity index (χ1v) is 8.32. The Hall–Kier alpha value is -2.02. The van der Waals surface area contributed by atoms with Gasteiger partial charge in [0.2, 0.25) is 11.1 Å². The second kappa shape index (κ2) is 8.43. The number of hydrogen-bond acceptors (Lipinski definition) is 5. The summed E-state index contributed by atoms with van der Waals surface area (Å²) in [5.41, 5.74) is 1.07. The predicted molar refractivity (Wildman–Crippen MR) is 87.8 cm³/mol. The average molecular weight is 319 g/mol. The number of benzene rings is 1. The minimum atomic E-state index is -0.0491. The highest BCUT2D eigenvalue weighted by atomic mass is 32.2. The molecule has 2 aromatic rings. The van der Waals surface area contributed by atoms with E-state index in [1.165, 1.54) is 16.4 Å². The average Bonchev–Trinajstić information content (AvgIpc) is 2.90. The smallest absolute Gasteiger partial charge is 0.230 e. The maximum absolute atomic E-state index is 11.8. The van der Waals surface area contributed by atoms with Crippen molar-refractivity contribution in [2.24, 2.45) is 0 Å². The van der Waals surface area contributed by atoms with E-state index in [1.807, 2.05) is 30.3 Å². The van der Waals surface area contributed by atoms with E-state index in [4.69, 9.17) is 5.84 Å². The summed E-state index contributed by atoms with van der Waals surface area (Å²) in [6.45, 7) is 2.64. The van der Waals surface area contributed by atoms with Crippen LogP contribution < -0.4 is 11.2 Å². The Balaban J connectivity index is 1.77. The molecule has 0 saturated carbocycles. The number of nitrogens with two attached hydrogens (primary N) is 1. The number of aryl methyl sites for hydroxylation is 1. The lowest BCUT2D eigenvalue weighted by atomic mass is 10.2. The van der Waals surface area contributed by atoms with Gasteiger partial charge in [-0.15, -0.1) is 10.2 Å². The number of nitrogens with one attached hydrogen (secondary N) is 1. The summed E-state index contributed by atoms with van der Waals surface area (Å²) in [5, 5.41) is 11.5.